The van der Waals surface area contributed by atoms with Gasteiger partial charge in [-0.25, -0.2) is 0 Å². The number of nitriles is 1. The standard InChI is InChI=1S/C10H12N2/c1-7(2)10-9(5-11)4-8(3)6-12-10/h4,6-7H,1-3H3. The van der Waals surface area contributed by atoms with Crippen molar-refractivity contribution in [2.45, 2.75) is 26.7 Å². The van der Waals surface area contributed by atoms with E-state index >= 15 is 0 Å². The molecule has 0 saturated heterocycles. The van der Waals surface area contributed by atoms with Gasteiger partial charge in [-0.2, -0.15) is 5.26 Å². The SMILES string of the molecule is Cc1cnc(C(C)C)c(C#N)c1. The highest BCUT2D eigenvalue weighted by Crippen LogP contribution is 2.16. The molecule has 0 atom stereocenters. The highest BCUT2D eigenvalue weighted by atomic mass is 14.7. The van der Waals surface area contributed by atoms with Gasteiger partial charge in [-0.05, 0) is 24.5 Å². The van der Waals surface area contributed by atoms with Crippen LogP contribution in [0.2, 0.25) is 0 Å². The van der Waals surface area contributed by atoms with Crippen molar-refractivity contribution in [3.8, 4) is 6.07 Å². The highest BCUT2D eigenvalue weighted by molar-refractivity contribution is 5.36. The number of pyridine rings is 1. The van der Waals surface area contributed by atoms with Crippen molar-refractivity contribution in [1.82, 2.24) is 4.98 Å². The van der Waals surface area contributed by atoms with Gasteiger partial charge in [0.15, 0.2) is 0 Å². The number of hydrogen-bond donors (Lipinski definition) is 0. The van der Waals surface area contributed by atoms with Crippen LogP contribution in [-0.2, 0) is 0 Å². The molecule has 0 saturated carbocycles. The fourth-order valence-corrected chi connectivity index (χ4v) is 1.13. The van der Waals surface area contributed by atoms with Crippen LogP contribution in [0.3, 0.4) is 0 Å². The van der Waals surface area contributed by atoms with Gasteiger partial charge in [-0.1, -0.05) is 13.8 Å². The van der Waals surface area contributed by atoms with Crippen LogP contribution in [0.15, 0.2) is 12.3 Å². The Bertz CT molecular complexity index is 321. The third kappa shape index (κ3) is 1.62. The summed E-state index contributed by atoms with van der Waals surface area (Å²) < 4.78 is 0. The first-order valence-corrected chi connectivity index (χ1v) is 4.01. The first-order valence-electron chi connectivity index (χ1n) is 4.01. The van der Waals surface area contributed by atoms with Gasteiger partial charge in [0.25, 0.3) is 0 Å². The van der Waals surface area contributed by atoms with Crippen LogP contribution in [0.4, 0.5) is 0 Å². The second-order valence-corrected chi connectivity index (χ2v) is 3.21. The van der Waals surface area contributed by atoms with Gasteiger partial charge in [0.2, 0.25) is 0 Å². The molecule has 0 fully saturated rings. The van der Waals surface area contributed by atoms with Crippen LogP contribution < -0.4 is 0 Å². The van der Waals surface area contributed by atoms with E-state index in [0.717, 1.165) is 11.3 Å². The summed E-state index contributed by atoms with van der Waals surface area (Å²) in [5, 5.41) is 8.80. The maximum Gasteiger partial charge on any atom is 0.101 e. The summed E-state index contributed by atoms with van der Waals surface area (Å²) in [4.78, 5) is 4.23. The lowest BCUT2D eigenvalue weighted by molar-refractivity contribution is 0.816. The van der Waals surface area contributed by atoms with Gasteiger partial charge in [-0.3, -0.25) is 4.98 Å². The van der Waals surface area contributed by atoms with E-state index in [9.17, 15) is 0 Å². The molecule has 0 spiro atoms. The van der Waals surface area contributed by atoms with Crippen LogP contribution in [-0.4, -0.2) is 4.98 Å². The molecule has 0 radical (unpaired) electrons. The molecule has 0 aliphatic heterocycles. The van der Waals surface area contributed by atoms with E-state index in [1.165, 1.54) is 0 Å². The Morgan fingerprint density at radius 3 is 2.67 bits per heavy atom. The molecule has 0 unspecified atom stereocenters. The van der Waals surface area contributed by atoms with E-state index in [4.69, 9.17) is 5.26 Å². The topological polar surface area (TPSA) is 36.7 Å². The Morgan fingerprint density at radius 2 is 2.17 bits per heavy atom. The van der Waals surface area contributed by atoms with E-state index in [1.54, 1.807) is 6.20 Å². The molecule has 2 nitrogen and oxygen atoms in total. The first-order chi connectivity index (χ1) is 5.65. The molecule has 0 aromatic carbocycles. The number of aromatic nitrogens is 1. The van der Waals surface area contributed by atoms with E-state index in [-0.39, 0.29) is 0 Å². The van der Waals surface area contributed by atoms with E-state index in [1.807, 2.05) is 26.8 Å². The van der Waals surface area contributed by atoms with Crippen molar-refractivity contribution in [1.29, 1.82) is 5.26 Å². The molecule has 0 bridgehead atoms. The summed E-state index contributed by atoms with van der Waals surface area (Å²) in [5.74, 6) is 0.320. The summed E-state index contributed by atoms with van der Waals surface area (Å²) in [6.07, 6.45) is 1.80. The fraction of sp³-hybridized carbons (Fsp3) is 0.400. The van der Waals surface area contributed by atoms with Crippen LogP contribution in [0.25, 0.3) is 0 Å². The summed E-state index contributed by atoms with van der Waals surface area (Å²) in [6.45, 7) is 6.02. The number of nitrogens with zero attached hydrogens (tertiary/aromatic N) is 2. The second-order valence-electron chi connectivity index (χ2n) is 3.21. The molecule has 2 heteroatoms. The zero-order valence-electron chi connectivity index (χ0n) is 7.63. The Balaban J connectivity index is 3.23. The maximum absolute atomic E-state index is 8.80. The number of hydrogen-bond acceptors (Lipinski definition) is 2. The molecule has 1 aromatic heterocycles. The van der Waals surface area contributed by atoms with Crippen molar-refractivity contribution >= 4 is 0 Å². The van der Waals surface area contributed by atoms with Crippen molar-refractivity contribution in [3.63, 3.8) is 0 Å². The van der Waals surface area contributed by atoms with Gasteiger partial charge in [0.05, 0.1) is 11.3 Å². The van der Waals surface area contributed by atoms with Gasteiger partial charge in [-0.15, -0.1) is 0 Å². The van der Waals surface area contributed by atoms with Crippen molar-refractivity contribution < 1.29 is 0 Å². The van der Waals surface area contributed by atoms with Gasteiger partial charge in [0, 0.05) is 6.20 Å². The number of rotatable bonds is 1. The molecule has 1 aromatic rings. The molecule has 1 heterocycles. The van der Waals surface area contributed by atoms with Gasteiger partial charge >= 0.3 is 0 Å². The Labute approximate surface area is 72.9 Å². The van der Waals surface area contributed by atoms with Crippen molar-refractivity contribution in [2.75, 3.05) is 0 Å². The van der Waals surface area contributed by atoms with Crippen LogP contribution >= 0.6 is 0 Å². The summed E-state index contributed by atoms with van der Waals surface area (Å²) >= 11 is 0. The molecular formula is C10H12N2. The average Bonchev–Trinajstić information content (AvgIpc) is 2.03. The predicted octanol–water partition coefficient (Wildman–Crippen LogP) is 2.39. The quantitative estimate of drug-likeness (QED) is 0.632. The molecule has 62 valence electrons. The van der Waals surface area contributed by atoms with E-state index < -0.39 is 0 Å². The average molecular weight is 160 g/mol. The lowest BCUT2D eigenvalue weighted by Crippen LogP contribution is -1.97. The Morgan fingerprint density at radius 1 is 1.50 bits per heavy atom. The van der Waals surface area contributed by atoms with Crippen LogP contribution in [0.1, 0.15) is 36.6 Å². The molecular weight excluding hydrogens is 148 g/mol. The summed E-state index contributed by atoms with van der Waals surface area (Å²) in [5.41, 5.74) is 2.63. The molecule has 1 rings (SSSR count). The molecule has 0 aliphatic rings. The maximum atomic E-state index is 8.80. The minimum atomic E-state index is 0.320. The predicted molar refractivity (Wildman–Crippen MR) is 47.8 cm³/mol. The third-order valence-electron chi connectivity index (χ3n) is 1.72. The minimum Gasteiger partial charge on any atom is -0.259 e. The third-order valence-corrected chi connectivity index (χ3v) is 1.72. The largest absolute Gasteiger partial charge is 0.259 e. The van der Waals surface area contributed by atoms with E-state index in [2.05, 4.69) is 11.1 Å². The smallest absolute Gasteiger partial charge is 0.101 e. The minimum absolute atomic E-state index is 0.320. The first kappa shape index (κ1) is 8.73. The molecule has 0 aliphatic carbocycles. The number of aryl methyl sites for hydroxylation is 1. The monoisotopic (exact) mass is 160 g/mol. The molecule has 0 N–H and O–H groups in total. The van der Waals surface area contributed by atoms with Gasteiger partial charge < -0.3 is 0 Å². The lowest BCUT2D eigenvalue weighted by atomic mass is 10.0. The zero-order chi connectivity index (χ0) is 9.14. The molecule has 12 heavy (non-hydrogen) atoms. The van der Waals surface area contributed by atoms with Crippen molar-refractivity contribution in [3.05, 3.63) is 29.1 Å². The summed E-state index contributed by atoms with van der Waals surface area (Å²) in [7, 11) is 0. The van der Waals surface area contributed by atoms with Crippen LogP contribution in [0, 0.1) is 18.3 Å². The normalized spacial score (nSPS) is 9.92. The highest BCUT2D eigenvalue weighted by Gasteiger charge is 2.06. The van der Waals surface area contributed by atoms with E-state index in [0.29, 0.717) is 11.5 Å². The fourth-order valence-electron chi connectivity index (χ4n) is 1.13. The van der Waals surface area contributed by atoms with Crippen LogP contribution in [0.5, 0.6) is 0 Å². The lowest BCUT2D eigenvalue weighted by Gasteiger charge is -2.06. The molecule has 0 amide bonds. The second kappa shape index (κ2) is 3.36. The Kier molecular flexibility index (Phi) is 2.44. The summed E-state index contributed by atoms with van der Waals surface area (Å²) in [6, 6.07) is 4.03. The Hall–Kier alpha value is -1.36. The van der Waals surface area contributed by atoms with Crippen molar-refractivity contribution in [2.24, 2.45) is 0 Å². The zero-order valence-corrected chi connectivity index (χ0v) is 7.63. The van der Waals surface area contributed by atoms with Gasteiger partial charge in [0.1, 0.15) is 6.07 Å².